The number of benzene rings is 1. The summed E-state index contributed by atoms with van der Waals surface area (Å²) in [6.07, 6.45) is 0.801. The van der Waals surface area contributed by atoms with Crippen LogP contribution in [0.3, 0.4) is 0 Å². The zero-order valence-electron chi connectivity index (χ0n) is 9.84. The van der Waals surface area contributed by atoms with Crippen molar-refractivity contribution >= 4 is 17.3 Å². The Labute approximate surface area is 106 Å². The van der Waals surface area contributed by atoms with Gasteiger partial charge in [0.05, 0.1) is 23.9 Å². The maximum absolute atomic E-state index is 13.4. The van der Waals surface area contributed by atoms with Crippen molar-refractivity contribution in [3.8, 4) is 0 Å². The summed E-state index contributed by atoms with van der Waals surface area (Å²) in [6, 6.07) is 4.89. The van der Waals surface area contributed by atoms with Crippen LogP contribution in [0.25, 0.3) is 0 Å². The van der Waals surface area contributed by atoms with E-state index < -0.39 is 5.82 Å². The van der Waals surface area contributed by atoms with Crippen molar-refractivity contribution in [2.45, 2.75) is 6.42 Å². The highest BCUT2D eigenvalue weighted by Crippen LogP contribution is 2.21. The molecule has 0 saturated carbocycles. The van der Waals surface area contributed by atoms with Crippen LogP contribution in [0.15, 0.2) is 18.2 Å². The summed E-state index contributed by atoms with van der Waals surface area (Å²) in [4.78, 5) is 0. The van der Waals surface area contributed by atoms with Crippen LogP contribution in [0, 0.1) is 5.82 Å². The Balaban J connectivity index is 2.16. The minimum Gasteiger partial charge on any atom is -0.383 e. The normalized spacial score (nSPS) is 10.5. The Morgan fingerprint density at radius 2 is 2.12 bits per heavy atom. The van der Waals surface area contributed by atoms with Gasteiger partial charge in [0.2, 0.25) is 0 Å². The predicted octanol–water partition coefficient (Wildman–Crippen LogP) is 2.94. The molecule has 17 heavy (non-hydrogen) atoms. The molecule has 0 bridgehead atoms. The van der Waals surface area contributed by atoms with Gasteiger partial charge in [0.25, 0.3) is 0 Å². The van der Waals surface area contributed by atoms with Gasteiger partial charge in [0.15, 0.2) is 5.82 Å². The number of rotatable bonds is 8. The molecule has 1 rings (SSSR count). The highest BCUT2D eigenvalue weighted by atomic mass is 35.5. The zero-order chi connectivity index (χ0) is 12.5. The second-order valence-electron chi connectivity index (χ2n) is 3.49. The van der Waals surface area contributed by atoms with Gasteiger partial charge in [-0.3, -0.25) is 0 Å². The van der Waals surface area contributed by atoms with E-state index in [1.165, 1.54) is 6.07 Å². The molecule has 0 aromatic heterocycles. The van der Waals surface area contributed by atoms with Crippen molar-refractivity contribution in [1.29, 1.82) is 0 Å². The van der Waals surface area contributed by atoms with Gasteiger partial charge in [-0.25, -0.2) is 4.39 Å². The summed E-state index contributed by atoms with van der Waals surface area (Å²) in [7, 11) is 1.63. The van der Waals surface area contributed by atoms with E-state index in [-0.39, 0.29) is 5.02 Å². The van der Waals surface area contributed by atoms with E-state index in [9.17, 15) is 4.39 Å². The molecule has 0 heterocycles. The van der Waals surface area contributed by atoms with Crippen molar-refractivity contribution in [1.82, 2.24) is 0 Å². The van der Waals surface area contributed by atoms with E-state index >= 15 is 0 Å². The van der Waals surface area contributed by atoms with E-state index in [1.807, 2.05) is 0 Å². The fourth-order valence-corrected chi connectivity index (χ4v) is 1.46. The summed E-state index contributed by atoms with van der Waals surface area (Å²) >= 11 is 5.66. The fourth-order valence-electron chi connectivity index (χ4n) is 1.28. The molecule has 3 nitrogen and oxygen atoms in total. The highest BCUT2D eigenvalue weighted by molar-refractivity contribution is 6.31. The number of nitrogens with one attached hydrogen (secondary N) is 1. The molecule has 0 fully saturated rings. The van der Waals surface area contributed by atoms with Gasteiger partial charge in [0.1, 0.15) is 0 Å². The molecule has 0 unspecified atom stereocenters. The topological polar surface area (TPSA) is 30.5 Å². The van der Waals surface area contributed by atoms with Crippen molar-refractivity contribution in [3.63, 3.8) is 0 Å². The van der Waals surface area contributed by atoms with Crippen LogP contribution in [-0.2, 0) is 9.47 Å². The fraction of sp³-hybridized carbons (Fsp3) is 0.500. The lowest BCUT2D eigenvalue weighted by atomic mass is 10.3. The van der Waals surface area contributed by atoms with Crippen molar-refractivity contribution in [2.75, 3.05) is 38.8 Å². The Bertz CT molecular complexity index is 336. The van der Waals surface area contributed by atoms with Crippen molar-refractivity contribution in [2.24, 2.45) is 0 Å². The van der Waals surface area contributed by atoms with Gasteiger partial charge in [0, 0.05) is 20.3 Å². The van der Waals surface area contributed by atoms with Gasteiger partial charge in [-0.15, -0.1) is 0 Å². The first kappa shape index (κ1) is 14.2. The molecule has 5 heteroatoms. The minimum atomic E-state index is -0.408. The quantitative estimate of drug-likeness (QED) is 0.730. The minimum absolute atomic E-state index is 0.131. The van der Waals surface area contributed by atoms with E-state index in [0.717, 1.165) is 6.42 Å². The molecule has 96 valence electrons. The summed E-state index contributed by atoms with van der Waals surface area (Å²) in [5.74, 6) is -0.408. The van der Waals surface area contributed by atoms with Crippen LogP contribution in [-0.4, -0.2) is 33.5 Å². The zero-order valence-corrected chi connectivity index (χ0v) is 10.6. The van der Waals surface area contributed by atoms with E-state index in [1.54, 1.807) is 19.2 Å². The Kier molecular flexibility index (Phi) is 6.93. The Hall–Kier alpha value is -0.840. The summed E-state index contributed by atoms with van der Waals surface area (Å²) in [5, 5.41) is 3.10. The van der Waals surface area contributed by atoms with E-state index in [0.29, 0.717) is 32.1 Å². The van der Waals surface area contributed by atoms with Crippen molar-refractivity contribution in [3.05, 3.63) is 29.0 Å². The largest absolute Gasteiger partial charge is 0.383 e. The highest BCUT2D eigenvalue weighted by Gasteiger charge is 2.04. The summed E-state index contributed by atoms with van der Waals surface area (Å²) in [6.45, 7) is 2.45. The molecule has 1 aromatic rings. The van der Waals surface area contributed by atoms with Crippen LogP contribution >= 0.6 is 11.6 Å². The second-order valence-corrected chi connectivity index (χ2v) is 3.89. The maximum atomic E-state index is 13.4. The standard InChI is InChI=1S/C12H17ClFNO2/c1-16-8-9-17-7-3-6-15-11-5-2-4-10(13)12(11)14/h2,4-5,15H,3,6-9H2,1H3. The molecular formula is C12H17ClFNO2. The van der Waals surface area contributed by atoms with E-state index in [4.69, 9.17) is 21.1 Å². The number of ether oxygens (including phenoxy) is 2. The van der Waals surface area contributed by atoms with Crippen molar-refractivity contribution < 1.29 is 13.9 Å². The van der Waals surface area contributed by atoms with Gasteiger partial charge in [-0.05, 0) is 18.6 Å². The van der Waals surface area contributed by atoms with Crippen LogP contribution in [0.2, 0.25) is 5.02 Å². The molecule has 0 aliphatic heterocycles. The molecule has 0 amide bonds. The van der Waals surface area contributed by atoms with Gasteiger partial charge in [-0.1, -0.05) is 17.7 Å². The van der Waals surface area contributed by atoms with Crippen LogP contribution in [0.4, 0.5) is 10.1 Å². The lowest BCUT2D eigenvalue weighted by molar-refractivity contribution is 0.0705. The summed E-state index contributed by atoms with van der Waals surface area (Å²) < 4.78 is 23.6. The smallest absolute Gasteiger partial charge is 0.164 e. The third-order valence-corrected chi connectivity index (χ3v) is 2.46. The summed E-state index contributed by atoms with van der Waals surface area (Å²) in [5.41, 5.74) is 0.425. The number of methoxy groups -OCH3 is 1. The molecule has 0 saturated heterocycles. The monoisotopic (exact) mass is 261 g/mol. The first-order valence-corrected chi connectivity index (χ1v) is 5.88. The molecule has 1 aromatic carbocycles. The number of hydrogen-bond acceptors (Lipinski definition) is 3. The lowest BCUT2D eigenvalue weighted by Gasteiger charge is -2.08. The number of anilines is 1. The molecule has 0 radical (unpaired) electrons. The molecule has 0 atom stereocenters. The number of halogens is 2. The average molecular weight is 262 g/mol. The molecule has 0 aliphatic rings. The molecule has 1 N–H and O–H groups in total. The lowest BCUT2D eigenvalue weighted by Crippen LogP contribution is -2.09. The first-order valence-electron chi connectivity index (χ1n) is 5.50. The number of hydrogen-bond donors (Lipinski definition) is 1. The maximum Gasteiger partial charge on any atom is 0.164 e. The van der Waals surface area contributed by atoms with Crippen LogP contribution in [0.1, 0.15) is 6.42 Å². The second kappa shape index (κ2) is 8.28. The first-order chi connectivity index (χ1) is 8.25. The van der Waals surface area contributed by atoms with E-state index in [2.05, 4.69) is 5.32 Å². The Morgan fingerprint density at radius 3 is 2.88 bits per heavy atom. The van der Waals surface area contributed by atoms with Gasteiger partial charge < -0.3 is 14.8 Å². The van der Waals surface area contributed by atoms with Crippen LogP contribution in [0.5, 0.6) is 0 Å². The van der Waals surface area contributed by atoms with Crippen LogP contribution < -0.4 is 5.32 Å². The third-order valence-electron chi connectivity index (χ3n) is 2.16. The predicted molar refractivity (Wildman–Crippen MR) is 67.2 cm³/mol. The third kappa shape index (κ3) is 5.35. The Morgan fingerprint density at radius 1 is 1.29 bits per heavy atom. The molecule has 0 aliphatic carbocycles. The average Bonchev–Trinajstić information content (AvgIpc) is 2.33. The van der Waals surface area contributed by atoms with Gasteiger partial charge >= 0.3 is 0 Å². The molecular weight excluding hydrogens is 245 g/mol. The SMILES string of the molecule is COCCOCCCNc1cccc(Cl)c1F. The molecule has 0 spiro atoms. The van der Waals surface area contributed by atoms with Gasteiger partial charge in [-0.2, -0.15) is 0 Å².